The van der Waals surface area contributed by atoms with E-state index in [0.29, 0.717) is 39.3 Å². The normalized spacial score (nSPS) is 11.8. The average molecular weight is 547 g/mol. The Hall–Kier alpha value is -5.34. The van der Waals surface area contributed by atoms with Crippen molar-refractivity contribution < 1.29 is 4.79 Å². The smallest absolute Gasteiger partial charge is 0.267 e. The Morgan fingerprint density at radius 1 is 1.07 bits per heavy atom. The first-order chi connectivity index (χ1) is 19.4. The highest BCUT2D eigenvalue weighted by molar-refractivity contribution is 7.09. The number of nitrogens with zero attached hydrogens (tertiary/aromatic N) is 6. The minimum atomic E-state index is -0.685. The first-order valence-corrected chi connectivity index (χ1v) is 13.2. The van der Waals surface area contributed by atoms with Crippen LogP contribution >= 0.6 is 11.3 Å². The molecule has 6 rings (SSSR count). The van der Waals surface area contributed by atoms with Crippen molar-refractivity contribution >= 4 is 39.6 Å². The molecule has 0 radical (unpaired) electrons. The van der Waals surface area contributed by atoms with Crippen LogP contribution in [-0.4, -0.2) is 35.0 Å². The lowest BCUT2D eigenvalue weighted by Gasteiger charge is -2.20. The summed E-state index contributed by atoms with van der Waals surface area (Å²) in [6.45, 7) is 3.67. The summed E-state index contributed by atoms with van der Waals surface area (Å²) in [5, 5.41) is 10.3. The predicted molar refractivity (Wildman–Crippen MR) is 153 cm³/mol. The summed E-state index contributed by atoms with van der Waals surface area (Å²) >= 11 is 1.51. The van der Waals surface area contributed by atoms with Crippen LogP contribution in [0.15, 0.2) is 77.2 Å². The molecule has 0 saturated heterocycles. The summed E-state index contributed by atoms with van der Waals surface area (Å²) in [5.74, 6) is 6.07. The van der Waals surface area contributed by atoms with Gasteiger partial charge in [-0.05, 0) is 50.1 Å². The fourth-order valence-corrected chi connectivity index (χ4v) is 5.02. The molecule has 196 valence electrons. The van der Waals surface area contributed by atoms with Gasteiger partial charge in [-0.1, -0.05) is 30.2 Å². The van der Waals surface area contributed by atoms with E-state index < -0.39 is 11.9 Å². The van der Waals surface area contributed by atoms with Crippen LogP contribution in [0, 0.1) is 18.8 Å². The molecule has 1 amide bonds. The Morgan fingerprint density at radius 2 is 1.90 bits per heavy atom. The topological polar surface area (TPSA) is 133 Å². The number of carbonyl (C=O) groups excluding carboxylic acids is 1. The van der Waals surface area contributed by atoms with Gasteiger partial charge in [0, 0.05) is 23.3 Å². The predicted octanol–water partition coefficient (Wildman–Crippen LogP) is 3.67. The molecular weight excluding hydrogens is 524 g/mol. The minimum Gasteiger partial charge on any atom is -0.381 e. The Morgan fingerprint density at radius 3 is 2.67 bits per heavy atom. The number of carbonyl (C=O) groups is 1. The van der Waals surface area contributed by atoms with E-state index in [1.807, 2.05) is 42.6 Å². The molecule has 0 unspecified atom stereocenters. The van der Waals surface area contributed by atoms with Crippen LogP contribution in [0.4, 0.5) is 5.82 Å². The Balaban J connectivity index is 1.48. The fourth-order valence-electron chi connectivity index (χ4n) is 4.48. The van der Waals surface area contributed by atoms with Crippen molar-refractivity contribution in [2.45, 2.75) is 19.9 Å². The average Bonchev–Trinajstić information content (AvgIpc) is 3.53. The zero-order valence-electron chi connectivity index (χ0n) is 21.5. The molecule has 0 saturated carbocycles. The molecule has 6 aromatic rings. The summed E-state index contributed by atoms with van der Waals surface area (Å²) in [7, 11) is 0. The monoisotopic (exact) mass is 546 g/mol. The second kappa shape index (κ2) is 10.1. The highest BCUT2D eigenvalue weighted by atomic mass is 32.1. The number of hydrogen-bond acceptors (Lipinski definition) is 8. The number of nitrogens with one attached hydrogen (secondary N) is 1. The Bertz CT molecular complexity index is 2030. The molecule has 0 aliphatic carbocycles. The second-order valence-electron chi connectivity index (χ2n) is 8.99. The lowest BCUT2D eigenvalue weighted by molar-refractivity contribution is 0.0940. The molecule has 0 spiro atoms. The van der Waals surface area contributed by atoms with Gasteiger partial charge in [0.15, 0.2) is 11.5 Å². The van der Waals surface area contributed by atoms with Crippen molar-refractivity contribution in [2.75, 3.05) is 5.73 Å². The largest absolute Gasteiger partial charge is 0.381 e. The highest BCUT2D eigenvalue weighted by Gasteiger charge is 2.24. The van der Waals surface area contributed by atoms with E-state index in [1.54, 1.807) is 43.6 Å². The first kappa shape index (κ1) is 25.0. The van der Waals surface area contributed by atoms with E-state index >= 15 is 0 Å². The number of amides is 1. The maximum absolute atomic E-state index is 14.1. The van der Waals surface area contributed by atoms with Gasteiger partial charge in [0.25, 0.3) is 11.5 Å². The van der Waals surface area contributed by atoms with E-state index in [0.717, 1.165) is 5.01 Å². The molecule has 10 nitrogen and oxygen atoms in total. The Kier molecular flexibility index (Phi) is 6.30. The molecule has 0 aliphatic rings. The van der Waals surface area contributed by atoms with Gasteiger partial charge < -0.3 is 11.1 Å². The lowest BCUT2D eigenvalue weighted by Crippen LogP contribution is -2.33. The molecule has 40 heavy (non-hydrogen) atoms. The molecular formula is C29H22N8O2S. The van der Waals surface area contributed by atoms with E-state index in [4.69, 9.17) is 10.7 Å². The minimum absolute atomic E-state index is 0.0499. The number of para-hydroxylation sites is 1. The molecule has 11 heteroatoms. The number of thiazole rings is 1. The van der Waals surface area contributed by atoms with Crippen LogP contribution in [-0.2, 0) is 0 Å². The van der Waals surface area contributed by atoms with E-state index in [2.05, 4.69) is 32.2 Å². The summed E-state index contributed by atoms with van der Waals surface area (Å²) in [5.41, 5.74) is 8.49. The molecule has 3 N–H and O–H groups in total. The molecule has 4 heterocycles. The van der Waals surface area contributed by atoms with Crippen molar-refractivity contribution in [1.82, 2.24) is 34.4 Å². The van der Waals surface area contributed by atoms with Gasteiger partial charge in [0.05, 0.1) is 27.6 Å². The summed E-state index contributed by atoms with van der Waals surface area (Å²) in [4.78, 5) is 41.0. The van der Waals surface area contributed by atoms with Gasteiger partial charge in [-0.3, -0.25) is 14.2 Å². The van der Waals surface area contributed by atoms with Crippen molar-refractivity contribution in [1.29, 1.82) is 0 Å². The quantitative estimate of drug-likeness (QED) is 0.322. The van der Waals surface area contributed by atoms with Crippen molar-refractivity contribution in [3.05, 3.63) is 110 Å². The molecule has 0 aliphatic heterocycles. The van der Waals surface area contributed by atoms with E-state index in [-0.39, 0.29) is 16.9 Å². The number of benzene rings is 2. The standard InChI is InChI=1S/C29H22N8O2S/c1-17(32-28(38)24-25(30)35-36-15-7-14-31-27(24)36)26-34-22-11-6-8-19(12-13-20-16-40-18(2)33-20)23(22)29(39)37(26)21-9-4-3-5-10-21/h3-11,14-17H,1-2H3,(H2,30,35)(H,32,38)/t17-/m1/s1. The van der Waals surface area contributed by atoms with Gasteiger partial charge in [-0.2, -0.15) is 0 Å². The van der Waals surface area contributed by atoms with E-state index in [1.165, 1.54) is 20.4 Å². The third kappa shape index (κ3) is 4.46. The van der Waals surface area contributed by atoms with Gasteiger partial charge in [-0.15, -0.1) is 16.4 Å². The van der Waals surface area contributed by atoms with Gasteiger partial charge in [-0.25, -0.2) is 19.5 Å². The zero-order chi connectivity index (χ0) is 27.8. The number of nitrogen functional groups attached to an aromatic ring is 1. The molecule has 0 fully saturated rings. The van der Waals surface area contributed by atoms with Gasteiger partial charge in [0.2, 0.25) is 0 Å². The third-order valence-electron chi connectivity index (χ3n) is 6.27. The van der Waals surface area contributed by atoms with Crippen molar-refractivity contribution in [2.24, 2.45) is 0 Å². The number of aryl methyl sites for hydroxylation is 1. The van der Waals surface area contributed by atoms with Crippen molar-refractivity contribution in [3.8, 4) is 17.5 Å². The molecule has 1 atom stereocenters. The SMILES string of the molecule is Cc1nc(C#Cc2cccc3nc([C@@H](C)NC(=O)c4c(N)nn5cccnc45)n(-c4ccccc4)c(=O)c23)cs1. The number of nitrogens with two attached hydrogens (primary N) is 1. The summed E-state index contributed by atoms with van der Waals surface area (Å²) in [6.07, 6.45) is 3.22. The van der Waals surface area contributed by atoms with Crippen LogP contribution < -0.4 is 16.6 Å². The third-order valence-corrected chi connectivity index (χ3v) is 7.04. The molecule has 0 bridgehead atoms. The van der Waals surface area contributed by atoms with Crippen LogP contribution in [0.1, 0.15) is 45.4 Å². The Labute approximate surface area is 232 Å². The number of anilines is 1. The number of fused-ring (bicyclic) bond motifs is 2. The number of rotatable bonds is 4. The molecule has 4 aromatic heterocycles. The summed E-state index contributed by atoms with van der Waals surface area (Å²) < 4.78 is 2.95. The summed E-state index contributed by atoms with van der Waals surface area (Å²) in [6, 6.07) is 15.5. The van der Waals surface area contributed by atoms with Crippen LogP contribution in [0.2, 0.25) is 0 Å². The fraction of sp³-hybridized carbons (Fsp3) is 0.103. The number of hydrogen-bond donors (Lipinski definition) is 2. The highest BCUT2D eigenvalue weighted by Crippen LogP contribution is 2.22. The second-order valence-corrected chi connectivity index (χ2v) is 10.1. The maximum atomic E-state index is 14.1. The van der Waals surface area contributed by atoms with Crippen molar-refractivity contribution in [3.63, 3.8) is 0 Å². The van der Waals surface area contributed by atoms with Crippen LogP contribution in [0.5, 0.6) is 0 Å². The first-order valence-electron chi connectivity index (χ1n) is 12.4. The number of aromatic nitrogens is 6. The maximum Gasteiger partial charge on any atom is 0.267 e. The molecule has 2 aromatic carbocycles. The van der Waals surface area contributed by atoms with Crippen LogP contribution in [0.25, 0.3) is 22.2 Å². The van der Waals surface area contributed by atoms with Gasteiger partial charge >= 0.3 is 0 Å². The zero-order valence-corrected chi connectivity index (χ0v) is 22.3. The van der Waals surface area contributed by atoms with E-state index in [9.17, 15) is 9.59 Å². The van der Waals surface area contributed by atoms with Gasteiger partial charge in [0.1, 0.15) is 17.1 Å². The lowest BCUT2D eigenvalue weighted by atomic mass is 10.1. The van der Waals surface area contributed by atoms with Crippen LogP contribution in [0.3, 0.4) is 0 Å².